The van der Waals surface area contributed by atoms with Crippen molar-refractivity contribution >= 4 is 22.4 Å². The summed E-state index contributed by atoms with van der Waals surface area (Å²) in [7, 11) is 6.13. The van der Waals surface area contributed by atoms with Crippen LogP contribution >= 0.6 is 0 Å². The van der Waals surface area contributed by atoms with Crippen LogP contribution < -0.4 is 14.5 Å². The zero-order chi connectivity index (χ0) is 31.6. The van der Waals surface area contributed by atoms with Gasteiger partial charge in [-0.25, -0.2) is 9.97 Å². The average molecular weight is 621 g/mol. The Morgan fingerprint density at radius 1 is 0.804 bits per heavy atom. The van der Waals surface area contributed by atoms with Gasteiger partial charge in [-0.2, -0.15) is 0 Å². The summed E-state index contributed by atoms with van der Waals surface area (Å²) in [5.74, 6) is 3.01. The first-order valence-corrected chi connectivity index (χ1v) is 17.1. The van der Waals surface area contributed by atoms with Crippen LogP contribution in [0.5, 0.6) is 5.88 Å². The third kappa shape index (κ3) is 6.67. The van der Waals surface area contributed by atoms with Crippen LogP contribution in [0.1, 0.15) is 42.4 Å². The number of piperidine rings is 2. The molecule has 9 heteroatoms. The average Bonchev–Trinajstić information content (AvgIpc) is 3.09. The molecule has 46 heavy (non-hydrogen) atoms. The number of nitrogens with zero attached hydrogens (tertiary/aromatic N) is 8. The molecule has 0 unspecified atom stereocenters. The fourth-order valence-corrected chi connectivity index (χ4v) is 7.63. The fourth-order valence-electron chi connectivity index (χ4n) is 7.63. The topological polar surface area (TPSA) is 73.8 Å². The van der Waals surface area contributed by atoms with Gasteiger partial charge < -0.3 is 24.3 Å². The summed E-state index contributed by atoms with van der Waals surface area (Å²) >= 11 is 0. The van der Waals surface area contributed by atoms with Crippen LogP contribution in [0.2, 0.25) is 0 Å². The van der Waals surface area contributed by atoms with E-state index in [-0.39, 0.29) is 0 Å². The van der Waals surface area contributed by atoms with Gasteiger partial charge in [-0.3, -0.25) is 0 Å². The van der Waals surface area contributed by atoms with Crippen LogP contribution in [0.15, 0.2) is 48.8 Å². The number of ether oxygens (including phenoxy) is 1. The largest absolute Gasteiger partial charge is 0.480 e. The maximum Gasteiger partial charge on any atom is 0.233 e. The van der Waals surface area contributed by atoms with Gasteiger partial charge in [0, 0.05) is 48.9 Å². The lowest BCUT2D eigenvalue weighted by atomic mass is 9.92. The van der Waals surface area contributed by atoms with E-state index in [4.69, 9.17) is 14.7 Å². The summed E-state index contributed by atoms with van der Waals surface area (Å²) < 4.78 is 5.23. The van der Waals surface area contributed by atoms with Crippen molar-refractivity contribution in [3.8, 4) is 17.1 Å². The van der Waals surface area contributed by atoms with Crippen molar-refractivity contribution in [2.24, 2.45) is 11.8 Å². The number of benzene rings is 2. The second-order valence-electron chi connectivity index (χ2n) is 13.9. The van der Waals surface area contributed by atoms with Crippen molar-refractivity contribution in [2.45, 2.75) is 45.6 Å². The van der Waals surface area contributed by atoms with E-state index < -0.39 is 0 Å². The van der Waals surface area contributed by atoms with E-state index in [1.54, 1.807) is 13.4 Å². The van der Waals surface area contributed by atoms with Crippen LogP contribution in [0.3, 0.4) is 0 Å². The molecule has 2 aromatic carbocycles. The number of fused-ring (bicyclic) bond motifs is 2. The first-order chi connectivity index (χ1) is 22.4. The van der Waals surface area contributed by atoms with Gasteiger partial charge >= 0.3 is 0 Å². The highest BCUT2D eigenvalue weighted by Crippen LogP contribution is 2.35. The molecule has 0 saturated carbocycles. The first-order valence-electron chi connectivity index (χ1n) is 17.1. The van der Waals surface area contributed by atoms with Crippen LogP contribution in [0.4, 0.5) is 11.5 Å². The minimum Gasteiger partial charge on any atom is -0.480 e. The molecule has 7 rings (SSSR count). The van der Waals surface area contributed by atoms with Gasteiger partial charge in [0.1, 0.15) is 12.1 Å². The number of rotatable bonds is 8. The van der Waals surface area contributed by atoms with E-state index >= 15 is 0 Å². The van der Waals surface area contributed by atoms with E-state index in [2.05, 4.69) is 81.1 Å². The van der Waals surface area contributed by atoms with E-state index in [1.165, 1.54) is 68.7 Å². The first kappa shape index (κ1) is 30.8. The molecular weight excluding hydrogens is 572 g/mol. The van der Waals surface area contributed by atoms with Gasteiger partial charge in [0.25, 0.3) is 0 Å². The molecule has 242 valence electrons. The molecule has 0 bridgehead atoms. The quantitative estimate of drug-likeness (QED) is 0.256. The van der Waals surface area contributed by atoms with Gasteiger partial charge in [0.2, 0.25) is 5.88 Å². The molecule has 0 N–H and O–H groups in total. The Hall–Kier alpha value is -3.82. The summed E-state index contributed by atoms with van der Waals surface area (Å²) in [6.07, 6.45) is 7.90. The van der Waals surface area contributed by atoms with Gasteiger partial charge in [-0.05, 0) is 138 Å². The normalized spacial score (nSPS) is 18.6. The number of aromatic nitrogens is 4. The molecule has 3 aliphatic heterocycles. The van der Waals surface area contributed by atoms with Crippen molar-refractivity contribution in [1.29, 1.82) is 0 Å². The molecule has 2 saturated heterocycles. The monoisotopic (exact) mass is 620 g/mol. The summed E-state index contributed by atoms with van der Waals surface area (Å²) in [5, 5.41) is 9.68. The number of hydrogen-bond donors (Lipinski definition) is 0. The predicted molar refractivity (Wildman–Crippen MR) is 186 cm³/mol. The highest BCUT2D eigenvalue weighted by Gasteiger charge is 2.26. The van der Waals surface area contributed by atoms with E-state index in [1.807, 2.05) is 12.1 Å². The maximum atomic E-state index is 5.23. The standard InChI is InChI=1S/C37H48N8O/c1-26-19-30(34-7-8-35(46-4)41-40-34)21-33-36(26)38-25-39-37(33)44-18-13-29-5-6-32(20-31(29)24-44)45(22-27-9-14-42(2)15-10-27)23-28-11-16-43(3)17-12-28/h5-8,19-21,25,27-28H,9-18,22-24H2,1-4H3. The van der Waals surface area contributed by atoms with Crippen molar-refractivity contribution < 1.29 is 4.74 Å². The lowest BCUT2D eigenvalue weighted by Crippen LogP contribution is -2.41. The van der Waals surface area contributed by atoms with Crippen LogP contribution in [-0.2, 0) is 13.0 Å². The lowest BCUT2D eigenvalue weighted by Gasteiger charge is -2.38. The summed E-state index contributed by atoms with van der Waals surface area (Å²) in [6.45, 7) is 11.1. The Morgan fingerprint density at radius 2 is 1.52 bits per heavy atom. The van der Waals surface area contributed by atoms with Gasteiger partial charge in [0.05, 0.1) is 18.3 Å². The highest BCUT2D eigenvalue weighted by molar-refractivity contribution is 5.94. The minimum atomic E-state index is 0.507. The third-order valence-corrected chi connectivity index (χ3v) is 10.6. The Balaban J connectivity index is 1.17. The van der Waals surface area contributed by atoms with Crippen molar-refractivity contribution in [1.82, 2.24) is 30.0 Å². The fraction of sp³-hybridized carbons (Fsp3) is 0.514. The second kappa shape index (κ2) is 13.5. The minimum absolute atomic E-state index is 0.507. The second-order valence-corrected chi connectivity index (χ2v) is 13.9. The van der Waals surface area contributed by atoms with Crippen molar-refractivity contribution in [2.75, 3.05) is 76.8 Å². The summed E-state index contributed by atoms with van der Waals surface area (Å²) in [6, 6.07) is 15.4. The molecule has 2 aromatic heterocycles. The molecule has 0 atom stereocenters. The van der Waals surface area contributed by atoms with Crippen molar-refractivity contribution in [3.63, 3.8) is 0 Å². The number of hydrogen-bond acceptors (Lipinski definition) is 9. The molecule has 9 nitrogen and oxygen atoms in total. The number of methoxy groups -OCH3 is 1. The Bertz CT molecular complexity index is 1620. The molecule has 0 amide bonds. The van der Waals surface area contributed by atoms with E-state index in [9.17, 15) is 0 Å². The van der Waals surface area contributed by atoms with Crippen LogP contribution in [-0.4, -0.2) is 97.0 Å². The maximum absolute atomic E-state index is 5.23. The number of aryl methyl sites for hydroxylation is 1. The molecule has 2 fully saturated rings. The van der Waals surface area contributed by atoms with E-state index in [0.29, 0.717) is 5.88 Å². The lowest BCUT2D eigenvalue weighted by molar-refractivity contribution is 0.208. The summed E-state index contributed by atoms with van der Waals surface area (Å²) in [4.78, 5) is 19.7. The van der Waals surface area contributed by atoms with Gasteiger partial charge in [0.15, 0.2) is 0 Å². The molecule has 3 aliphatic rings. The Morgan fingerprint density at radius 3 is 2.17 bits per heavy atom. The smallest absolute Gasteiger partial charge is 0.233 e. The number of anilines is 2. The van der Waals surface area contributed by atoms with Crippen LogP contribution in [0, 0.1) is 18.8 Å². The molecule has 0 radical (unpaired) electrons. The zero-order valence-corrected chi connectivity index (χ0v) is 28.0. The SMILES string of the molecule is COc1ccc(-c2cc(C)c3ncnc(N4CCc5ccc(N(CC6CCN(C)CC6)CC6CCN(C)CC6)cc5C4)c3c2)nn1. The van der Waals surface area contributed by atoms with E-state index in [0.717, 1.165) is 78.0 Å². The Kier molecular flexibility index (Phi) is 9.04. The molecule has 0 spiro atoms. The third-order valence-electron chi connectivity index (χ3n) is 10.6. The van der Waals surface area contributed by atoms with Crippen LogP contribution in [0.25, 0.3) is 22.2 Å². The van der Waals surface area contributed by atoms with Crippen molar-refractivity contribution in [3.05, 3.63) is 65.5 Å². The molecular formula is C37H48N8O. The molecule has 5 heterocycles. The Labute approximate surface area is 273 Å². The summed E-state index contributed by atoms with van der Waals surface area (Å²) in [5.41, 5.74) is 8.17. The predicted octanol–water partition coefficient (Wildman–Crippen LogP) is 5.46. The van der Waals surface area contributed by atoms with Gasteiger partial charge in [-0.1, -0.05) is 6.07 Å². The zero-order valence-electron chi connectivity index (χ0n) is 28.0. The molecule has 0 aliphatic carbocycles. The highest BCUT2D eigenvalue weighted by atomic mass is 16.5. The van der Waals surface area contributed by atoms with Gasteiger partial charge in [-0.15, -0.1) is 10.2 Å². The molecule has 4 aromatic rings. The number of likely N-dealkylation sites (tertiary alicyclic amines) is 2.